The Bertz CT molecular complexity index is 620. The predicted molar refractivity (Wildman–Crippen MR) is 90.4 cm³/mol. The molecule has 132 valence electrons. The number of anilines is 1. The molecule has 2 rings (SSSR count). The van der Waals surface area contributed by atoms with E-state index < -0.39 is 5.54 Å². The standard InChI is InChI=1S/C18H25FN2O3/c1-4-24-11-5-10-20-17(23)18(3)9-8-16(22)21(18)15-7-6-14(19)12-13(15)2/h6-7,12H,4-5,8-11H2,1-3H3,(H,20,23)/t18-/m1/s1. The van der Waals surface area contributed by atoms with Gasteiger partial charge in [0.25, 0.3) is 0 Å². The molecule has 5 nitrogen and oxygen atoms in total. The van der Waals surface area contributed by atoms with Gasteiger partial charge in [-0.25, -0.2) is 4.39 Å². The molecular weight excluding hydrogens is 311 g/mol. The fourth-order valence-electron chi connectivity index (χ4n) is 3.05. The number of benzene rings is 1. The number of rotatable bonds is 7. The van der Waals surface area contributed by atoms with Crippen molar-refractivity contribution in [3.63, 3.8) is 0 Å². The summed E-state index contributed by atoms with van der Waals surface area (Å²) in [5.74, 6) is -0.657. The normalized spacial score (nSPS) is 20.5. The average molecular weight is 336 g/mol. The van der Waals surface area contributed by atoms with Crippen molar-refractivity contribution in [2.24, 2.45) is 0 Å². The van der Waals surface area contributed by atoms with Crippen LogP contribution in [0.5, 0.6) is 0 Å². The topological polar surface area (TPSA) is 58.6 Å². The van der Waals surface area contributed by atoms with Gasteiger partial charge in [-0.1, -0.05) is 0 Å². The molecule has 1 atom stereocenters. The van der Waals surface area contributed by atoms with E-state index in [1.54, 1.807) is 19.9 Å². The van der Waals surface area contributed by atoms with E-state index in [0.29, 0.717) is 43.9 Å². The molecule has 1 aromatic rings. The number of nitrogens with zero attached hydrogens (tertiary/aromatic N) is 1. The van der Waals surface area contributed by atoms with Crippen molar-refractivity contribution >= 4 is 17.5 Å². The van der Waals surface area contributed by atoms with Crippen molar-refractivity contribution in [3.05, 3.63) is 29.6 Å². The molecule has 0 radical (unpaired) electrons. The molecule has 0 unspecified atom stereocenters. The van der Waals surface area contributed by atoms with Crippen molar-refractivity contribution in [2.45, 2.75) is 45.6 Å². The van der Waals surface area contributed by atoms with Crippen LogP contribution < -0.4 is 10.2 Å². The van der Waals surface area contributed by atoms with E-state index in [-0.39, 0.29) is 17.6 Å². The first-order valence-corrected chi connectivity index (χ1v) is 8.35. The van der Waals surface area contributed by atoms with Gasteiger partial charge in [-0.15, -0.1) is 0 Å². The highest BCUT2D eigenvalue weighted by Crippen LogP contribution is 2.37. The fourth-order valence-corrected chi connectivity index (χ4v) is 3.05. The molecule has 1 fully saturated rings. The lowest BCUT2D eigenvalue weighted by Crippen LogP contribution is -2.55. The Morgan fingerprint density at radius 2 is 2.21 bits per heavy atom. The van der Waals surface area contributed by atoms with Gasteiger partial charge >= 0.3 is 0 Å². The quantitative estimate of drug-likeness (QED) is 0.779. The Morgan fingerprint density at radius 1 is 1.46 bits per heavy atom. The molecule has 6 heteroatoms. The summed E-state index contributed by atoms with van der Waals surface area (Å²) in [4.78, 5) is 26.6. The summed E-state index contributed by atoms with van der Waals surface area (Å²) in [7, 11) is 0. The van der Waals surface area contributed by atoms with Crippen LogP contribution in [-0.4, -0.2) is 37.1 Å². The number of carbonyl (C=O) groups excluding carboxylic acids is 2. The molecule has 1 heterocycles. The number of carbonyl (C=O) groups is 2. The average Bonchev–Trinajstić information content (AvgIpc) is 2.84. The second-order valence-electron chi connectivity index (χ2n) is 6.24. The van der Waals surface area contributed by atoms with Gasteiger partial charge in [0.15, 0.2) is 0 Å². The van der Waals surface area contributed by atoms with E-state index in [1.165, 1.54) is 17.0 Å². The summed E-state index contributed by atoms with van der Waals surface area (Å²) >= 11 is 0. The molecule has 0 saturated carbocycles. The molecule has 0 bridgehead atoms. The number of amides is 2. The third kappa shape index (κ3) is 3.75. The maximum atomic E-state index is 13.4. The maximum absolute atomic E-state index is 13.4. The minimum atomic E-state index is -0.953. The molecule has 24 heavy (non-hydrogen) atoms. The first-order chi connectivity index (χ1) is 11.4. The van der Waals surface area contributed by atoms with Crippen molar-refractivity contribution in [3.8, 4) is 0 Å². The molecular formula is C18H25FN2O3. The Morgan fingerprint density at radius 3 is 2.88 bits per heavy atom. The molecule has 0 aromatic heterocycles. The minimum Gasteiger partial charge on any atom is -0.382 e. The van der Waals surface area contributed by atoms with E-state index in [4.69, 9.17) is 4.74 Å². The van der Waals surface area contributed by atoms with Gasteiger partial charge in [-0.2, -0.15) is 0 Å². The minimum absolute atomic E-state index is 0.114. The zero-order chi connectivity index (χ0) is 17.7. The molecule has 1 N–H and O–H groups in total. The second kappa shape index (κ2) is 7.75. The zero-order valence-electron chi connectivity index (χ0n) is 14.5. The Hall–Kier alpha value is -1.95. The van der Waals surface area contributed by atoms with Crippen LogP contribution in [0.1, 0.15) is 38.7 Å². The van der Waals surface area contributed by atoms with Gasteiger partial charge in [0, 0.05) is 31.9 Å². The van der Waals surface area contributed by atoms with E-state index in [2.05, 4.69) is 5.32 Å². The Balaban J connectivity index is 2.14. The monoisotopic (exact) mass is 336 g/mol. The molecule has 1 aliphatic heterocycles. The summed E-state index contributed by atoms with van der Waals surface area (Å²) in [6.45, 7) is 7.17. The van der Waals surface area contributed by atoms with Crippen LogP contribution in [0.15, 0.2) is 18.2 Å². The van der Waals surface area contributed by atoms with Crippen LogP contribution in [-0.2, 0) is 14.3 Å². The van der Waals surface area contributed by atoms with Crippen molar-refractivity contribution < 1.29 is 18.7 Å². The summed E-state index contributed by atoms with van der Waals surface area (Å²) in [6.07, 6.45) is 1.47. The van der Waals surface area contributed by atoms with Crippen LogP contribution >= 0.6 is 0 Å². The third-order valence-electron chi connectivity index (χ3n) is 4.41. The predicted octanol–water partition coefficient (Wildman–Crippen LogP) is 2.56. The number of hydrogen-bond donors (Lipinski definition) is 1. The molecule has 1 aromatic carbocycles. The lowest BCUT2D eigenvalue weighted by Gasteiger charge is -2.35. The van der Waals surface area contributed by atoms with Gasteiger partial charge in [0.1, 0.15) is 11.4 Å². The number of hydrogen-bond acceptors (Lipinski definition) is 3. The molecule has 1 aliphatic rings. The number of ether oxygens (including phenoxy) is 1. The Labute approximate surface area is 142 Å². The SMILES string of the molecule is CCOCCCNC(=O)[C@@]1(C)CCC(=O)N1c1ccc(F)cc1C. The van der Waals surface area contributed by atoms with Crippen molar-refractivity contribution in [2.75, 3.05) is 24.7 Å². The highest BCUT2D eigenvalue weighted by atomic mass is 19.1. The highest BCUT2D eigenvalue weighted by Gasteiger charge is 2.48. The van der Waals surface area contributed by atoms with Crippen molar-refractivity contribution in [1.82, 2.24) is 5.32 Å². The van der Waals surface area contributed by atoms with Crippen LogP contribution in [0, 0.1) is 12.7 Å². The molecule has 1 saturated heterocycles. The van der Waals surface area contributed by atoms with Gasteiger partial charge in [-0.3, -0.25) is 14.5 Å². The molecule has 0 aliphatic carbocycles. The first kappa shape index (κ1) is 18.4. The van der Waals surface area contributed by atoms with Gasteiger partial charge < -0.3 is 10.1 Å². The van der Waals surface area contributed by atoms with E-state index >= 15 is 0 Å². The number of nitrogens with one attached hydrogen (secondary N) is 1. The van der Waals surface area contributed by atoms with E-state index in [9.17, 15) is 14.0 Å². The largest absolute Gasteiger partial charge is 0.382 e. The lowest BCUT2D eigenvalue weighted by atomic mass is 9.96. The van der Waals surface area contributed by atoms with Gasteiger partial charge in [0.2, 0.25) is 11.8 Å². The third-order valence-corrected chi connectivity index (χ3v) is 4.41. The van der Waals surface area contributed by atoms with E-state index in [0.717, 1.165) is 6.42 Å². The Kier molecular flexibility index (Phi) is 5.94. The molecule has 2 amide bonds. The summed E-state index contributed by atoms with van der Waals surface area (Å²) < 4.78 is 18.6. The lowest BCUT2D eigenvalue weighted by molar-refractivity contribution is -0.127. The van der Waals surface area contributed by atoms with Crippen LogP contribution in [0.25, 0.3) is 0 Å². The second-order valence-corrected chi connectivity index (χ2v) is 6.24. The fraction of sp³-hybridized carbons (Fsp3) is 0.556. The summed E-state index contributed by atoms with van der Waals surface area (Å²) in [6, 6.07) is 4.25. The van der Waals surface area contributed by atoms with Crippen LogP contribution in [0.4, 0.5) is 10.1 Å². The van der Waals surface area contributed by atoms with Crippen LogP contribution in [0.3, 0.4) is 0 Å². The van der Waals surface area contributed by atoms with Gasteiger partial charge in [-0.05, 0) is 57.4 Å². The highest BCUT2D eigenvalue weighted by molar-refractivity contribution is 6.06. The summed E-state index contributed by atoms with van der Waals surface area (Å²) in [5, 5.41) is 2.89. The van der Waals surface area contributed by atoms with Gasteiger partial charge in [0.05, 0.1) is 0 Å². The molecule has 0 spiro atoms. The maximum Gasteiger partial charge on any atom is 0.246 e. The van der Waals surface area contributed by atoms with Crippen LogP contribution in [0.2, 0.25) is 0 Å². The zero-order valence-corrected chi connectivity index (χ0v) is 14.5. The van der Waals surface area contributed by atoms with E-state index in [1.807, 2.05) is 6.92 Å². The first-order valence-electron chi connectivity index (χ1n) is 8.35. The number of halogens is 1. The summed E-state index contributed by atoms with van der Waals surface area (Å²) in [5.41, 5.74) is 0.275. The van der Waals surface area contributed by atoms with Crippen molar-refractivity contribution in [1.29, 1.82) is 0 Å². The number of aryl methyl sites for hydroxylation is 1. The smallest absolute Gasteiger partial charge is 0.246 e.